The van der Waals surface area contributed by atoms with Gasteiger partial charge in [-0.3, -0.25) is 4.90 Å². The molecule has 4 rings (SSSR count). The minimum atomic E-state index is 0.352. The van der Waals surface area contributed by atoms with Crippen LogP contribution in [0.5, 0.6) is 5.75 Å². The van der Waals surface area contributed by atoms with Crippen molar-refractivity contribution in [3.05, 3.63) is 29.8 Å². The van der Waals surface area contributed by atoms with E-state index < -0.39 is 0 Å². The van der Waals surface area contributed by atoms with Crippen LogP contribution in [0.25, 0.3) is 0 Å². The van der Waals surface area contributed by atoms with Gasteiger partial charge in [0.05, 0.1) is 6.61 Å². The molecule has 3 fully saturated rings. The Kier molecular flexibility index (Phi) is 5.59. The van der Waals surface area contributed by atoms with Crippen molar-refractivity contribution in [3.8, 4) is 5.75 Å². The zero-order valence-corrected chi connectivity index (χ0v) is 15.3. The number of rotatable bonds is 8. The largest absolute Gasteiger partial charge is 0.508 e. The molecule has 0 amide bonds. The zero-order valence-electron chi connectivity index (χ0n) is 15.3. The standard InChI is InChI=1S/C21H32N2O2/c24-18-7-5-17(6-8-18)13-23-14-19-20(15-23)21(19)16-25-12-4-11-22-9-2-1-3-10-22/h5-8,19-21,24H,1-4,9-16H2/t19-,20+,21+. The zero-order chi connectivity index (χ0) is 17.1. The predicted molar refractivity (Wildman–Crippen MR) is 99.6 cm³/mol. The Morgan fingerprint density at radius 2 is 1.68 bits per heavy atom. The van der Waals surface area contributed by atoms with Crippen LogP contribution in [-0.2, 0) is 11.3 Å². The predicted octanol–water partition coefficient (Wildman–Crippen LogP) is 2.96. The Morgan fingerprint density at radius 3 is 2.40 bits per heavy atom. The maximum Gasteiger partial charge on any atom is 0.115 e. The lowest BCUT2D eigenvalue weighted by Gasteiger charge is -2.26. The molecule has 4 heteroatoms. The summed E-state index contributed by atoms with van der Waals surface area (Å²) in [4.78, 5) is 5.15. The second-order valence-corrected chi connectivity index (χ2v) is 8.18. The summed E-state index contributed by atoms with van der Waals surface area (Å²) in [6.07, 6.45) is 5.37. The van der Waals surface area contributed by atoms with Crippen molar-refractivity contribution in [2.45, 2.75) is 32.2 Å². The van der Waals surface area contributed by atoms with E-state index in [0.717, 1.165) is 37.5 Å². The number of nitrogens with zero attached hydrogens (tertiary/aromatic N) is 2. The van der Waals surface area contributed by atoms with Crippen molar-refractivity contribution >= 4 is 0 Å². The maximum absolute atomic E-state index is 9.37. The molecule has 2 aliphatic heterocycles. The van der Waals surface area contributed by atoms with E-state index in [1.54, 1.807) is 12.1 Å². The third-order valence-electron chi connectivity index (χ3n) is 6.31. The monoisotopic (exact) mass is 344 g/mol. The summed E-state index contributed by atoms with van der Waals surface area (Å²) < 4.78 is 5.98. The van der Waals surface area contributed by atoms with Gasteiger partial charge >= 0.3 is 0 Å². The smallest absolute Gasteiger partial charge is 0.115 e. The maximum atomic E-state index is 9.37. The van der Waals surface area contributed by atoms with Gasteiger partial charge in [0.1, 0.15) is 5.75 Å². The van der Waals surface area contributed by atoms with E-state index in [9.17, 15) is 5.11 Å². The van der Waals surface area contributed by atoms with Gasteiger partial charge in [-0.15, -0.1) is 0 Å². The quantitative estimate of drug-likeness (QED) is 0.736. The van der Waals surface area contributed by atoms with Crippen LogP contribution in [0, 0.1) is 17.8 Å². The molecular weight excluding hydrogens is 312 g/mol. The lowest BCUT2D eigenvalue weighted by atomic mass is 10.1. The Balaban J connectivity index is 1.07. The van der Waals surface area contributed by atoms with Crippen LogP contribution < -0.4 is 0 Å². The molecule has 1 aliphatic carbocycles. The molecule has 0 radical (unpaired) electrons. The van der Waals surface area contributed by atoms with Gasteiger partial charge in [0.15, 0.2) is 0 Å². The average Bonchev–Trinajstić information content (AvgIpc) is 3.09. The van der Waals surface area contributed by atoms with Crippen molar-refractivity contribution in [2.24, 2.45) is 17.8 Å². The molecule has 0 spiro atoms. The van der Waals surface area contributed by atoms with Crippen LogP contribution >= 0.6 is 0 Å². The van der Waals surface area contributed by atoms with Gasteiger partial charge in [-0.1, -0.05) is 18.6 Å². The third kappa shape index (κ3) is 4.55. The minimum absolute atomic E-state index is 0.352. The first kappa shape index (κ1) is 17.3. The van der Waals surface area contributed by atoms with E-state index in [2.05, 4.69) is 9.80 Å². The highest BCUT2D eigenvalue weighted by Gasteiger charge is 2.55. The molecule has 0 aromatic heterocycles. The van der Waals surface area contributed by atoms with Crippen molar-refractivity contribution in [3.63, 3.8) is 0 Å². The van der Waals surface area contributed by atoms with Crippen LogP contribution in [0.1, 0.15) is 31.2 Å². The van der Waals surface area contributed by atoms with Crippen LogP contribution in [0.4, 0.5) is 0 Å². The van der Waals surface area contributed by atoms with E-state index in [4.69, 9.17) is 4.74 Å². The van der Waals surface area contributed by atoms with Crippen molar-refractivity contribution in [1.82, 2.24) is 9.80 Å². The summed E-state index contributed by atoms with van der Waals surface area (Å²) in [5.41, 5.74) is 1.30. The van der Waals surface area contributed by atoms with Gasteiger partial charge in [-0.25, -0.2) is 0 Å². The molecule has 1 N–H and O–H groups in total. The van der Waals surface area contributed by atoms with Gasteiger partial charge in [0.2, 0.25) is 0 Å². The van der Waals surface area contributed by atoms with E-state index in [-0.39, 0.29) is 0 Å². The molecule has 25 heavy (non-hydrogen) atoms. The first-order valence-corrected chi connectivity index (χ1v) is 10.1. The highest BCUT2D eigenvalue weighted by molar-refractivity contribution is 5.26. The van der Waals surface area contributed by atoms with E-state index >= 15 is 0 Å². The molecule has 0 bridgehead atoms. The lowest BCUT2D eigenvalue weighted by Crippen LogP contribution is -2.31. The fourth-order valence-corrected chi connectivity index (χ4v) is 4.77. The number of likely N-dealkylation sites (tertiary alicyclic amines) is 2. The summed E-state index contributed by atoms with van der Waals surface area (Å²) in [6.45, 7) is 9.16. The number of benzene rings is 1. The normalized spacial score (nSPS) is 29.7. The summed E-state index contributed by atoms with van der Waals surface area (Å²) in [5.74, 6) is 2.88. The molecule has 138 valence electrons. The lowest BCUT2D eigenvalue weighted by molar-refractivity contribution is 0.0967. The number of phenolic OH excluding ortho intramolecular Hbond substituents is 1. The number of aromatic hydroxyl groups is 1. The van der Waals surface area contributed by atoms with Crippen LogP contribution in [0.2, 0.25) is 0 Å². The van der Waals surface area contributed by atoms with Crippen LogP contribution in [-0.4, -0.2) is 60.8 Å². The molecule has 3 aliphatic rings. The number of hydrogen-bond donors (Lipinski definition) is 1. The Labute approximate surface area is 151 Å². The van der Waals surface area contributed by atoms with Gasteiger partial charge in [-0.2, -0.15) is 0 Å². The highest BCUT2D eigenvalue weighted by Crippen LogP contribution is 2.52. The van der Waals surface area contributed by atoms with E-state index in [0.29, 0.717) is 5.75 Å². The molecule has 3 atom stereocenters. The van der Waals surface area contributed by atoms with Crippen molar-refractivity contribution in [1.29, 1.82) is 0 Å². The van der Waals surface area contributed by atoms with Crippen molar-refractivity contribution < 1.29 is 9.84 Å². The van der Waals surface area contributed by atoms with Crippen molar-refractivity contribution in [2.75, 3.05) is 45.9 Å². The first-order chi connectivity index (χ1) is 12.3. The van der Waals surface area contributed by atoms with Gasteiger partial charge < -0.3 is 14.7 Å². The third-order valence-corrected chi connectivity index (χ3v) is 6.31. The fraction of sp³-hybridized carbons (Fsp3) is 0.714. The Hall–Kier alpha value is -1.10. The topological polar surface area (TPSA) is 35.9 Å². The van der Waals surface area contributed by atoms with Crippen LogP contribution in [0.15, 0.2) is 24.3 Å². The average molecular weight is 344 g/mol. The number of fused-ring (bicyclic) bond motifs is 1. The Morgan fingerprint density at radius 1 is 0.960 bits per heavy atom. The van der Waals surface area contributed by atoms with E-state index in [1.807, 2.05) is 12.1 Å². The summed E-state index contributed by atoms with van der Waals surface area (Å²) in [6, 6.07) is 7.63. The molecule has 2 saturated heterocycles. The first-order valence-electron chi connectivity index (χ1n) is 10.1. The minimum Gasteiger partial charge on any atom is -0.508 e. The van der Waals surface area contributed by atoms with E-state index in [1.165, 1.54) is 64.0 Å². The molecule has 1 saturated carbocycles. The molecule has 2 heterocycles. The molecule has 0 unspecified atom stereocenters. The fourth-order valence-electron chi connectivity index (χ4n) is 4.77. The second kappa shape index (κ2) is 8.07. The highest BCUT2D eigenvalue weighted by atomic mass is 16.5. The summed E-state index contributed by atoms with van der Waals surface area (Å²) >= 11 is 0. The molecular formula is C21H32N2O2. The van der Waals surface area contributed by atoms with Crippen LogP contribution in [0.3, 0.4) is 0 Å². The number of phenols is 1. The van der Waals surface area contributed by atoms with Gasteiger partial charge in [-0.05, 0) is 67.8 Å². The SMILES string of the molecule is Oc1ccc(CN2C[C@@H]3[C@@H](COCCCN4CCCCC4)[C@@H]3C2)cc1. The number of hydrogen-bond acceptors (Lipinski definition) is 4. The van der Waals surface area contributed by atoms with Gasteiger partial charge in [0, 0.05) is 32.8 Å². The summed E-state index contributed by atoms with van der Waals surface area (Å²) in [7, 11) is 0. The summed E-state index contributed by atoms with van der Waals surface area (Å²) in [5, 5.41) is 9.37. The number of piperidine rings is 2. The molecule has 1 aromatic rings. The number of ether oxygens (including phenoxy) is 1. The Bertz CT molecular complexity index is 529. The second-order valence-electron chi connectivity index (χ2n) is 8.18. The molecule has 4 nitrogen and oxygen atoms in total. The molecule has 1 aromatic carbocycles. The van der Waals surface area contributed by atoms with Gasteiger partial charge in [0.25, 0.3) is 0 Å².